The minimum absolute atomic E-state index is 0.255. The third-order valence-corrected chi connectivity index (χ3v) is 3.98. The lowest BCUT2D eigenvalue weighted by molar-refractivity contribution is -0.127. The molecule has 8 heteroatoms. The molecule has 3 amide bonds. The molecule has 0 bridgehead atoms. The number of fused-ring (bicyclic) bond motifs is 1. The van der Waals surface area contributed by atoms with E-state index < -0.39 is 6.04 Å². The molecule has 0 aromatic carbocycles. The van der Waals surface area contributed by atoms with E-state index in [1.807, 2.05) is 19.0 Å². The Morgan fingerprint density at radius 2 is 2.05 bits per heavy atom. The van der Waals surface area contributed by atoms with Crippen molar-refractivity contribution in [2.45, 2.75) is 32.0 Å². The van der Waals surface area contributed by atoms with E-state index in [-0.39, 0.29) is 18.1 Å². The van der Waals surface area contributed by atoms with Gasteiger partial charge in [-0.1, -0.05) is 13.3 Å². The molecular weight excluding hydrogens is 284 g/mol. The number of hydrogen-bond donors (Lipinski definition) is 2. The normalized spacial score (nSPS) is 26.5. The van der Waals surface area contributed by atoms with Gasteiger partial charge in [-0.2, -0.15) is 0 Å². The van der Waals surface area contributed by atoms with E-state index in [2.05, 4.69) is 27.4 Å². The second-order valence-corrected chi connectivity index (χ2v) is 5.99. The Morgan fingerprint density at radius 3 is 2.68 bits per heavy atom. The van der Waals surface area contributed by atoms with Gasteiger partial charge < -0.3 is 20.0 Å². The number of guanidine groups is 1. The van der Waals surface area contributed by atoms with Crippen LogP contribution in [-0.2, 0) is 4.79 Å². The summed E-state index contributed by atoms with van der Waals surface area (Å²) in [4.78, 5) is 34.2. The summed E-state index contributed by atoms with van der Waals surface area (Å²) in [5.74, 6) is 0.455. The summed E-state index contributed by atoms with van der Waals surface area (Å²) < 4.78 is 0. The van der Waals surface area contributed by atoms with Crippen LogP contribution in [0.3, 0.4) is 0 Å². The fraction of sp³-hybridized carbons (Fsp3) is 0.786. The molecule has 2 saturated heterocycles. The fourth-order valence-corrected chi connectivity index (χ4v) is 2.65. The van der Waals surface area contributed by atoms with Gasteiger partial charge in [0.1, 0.15) is 6.17 Å². The average Bonchev–Trinajstić information content (AvgIpc) is 2.81. The molecule has 124 valence electrons. The van der Waals surface area contributed by atoms with Crippen LogP contribution in [0.4, 0.5) is 4.79 Å². The van der Waals surface area contributed by atoms with Crippen molar-refractivity contribution in [3.05, 3.63) is 0 Å². The quantitative estimate of drug-likeness (QED) is 0.690. The van der Waals surface area contributed by atoms with Crippen LogP contribution in [0.15, 0.2) is 4.99 Å². The molecule has 0 radical (unpaired) electrons. The van der Waals surface area contributed by atoms with Gasteiger partial charge in [0, 0.05) is 20.1 Å². The van der Waals surface area contributed by atoms with Gasteiger partial charge in [0.25, 0.3) is 5.91 Å². The van der Waals surface area contributed by atoms with Gasteiger partial charge >= 0.3 is 6.03 Å². The van der Waals surface area contributed by atoms with Crippen LogP contribution in [0.2, 0.25) is 0 Å². The van der Waals surface area contributed by atoms with Crippen LogP contribution in [0.1, 0.15) is 19.8 Å². The summed E-state index contributed by atoms with van der Waals surface area (Å²) in [6.07, 6.45) is 1.66. The lowest BCUT2D eigenvalue weighted by Crippen LogP contribution is -2.64. The number of rotatable bonds is 6. The van der Waals surface area contributed by atoms with Crippen molar-refractivity contribution in [3.63, 3.8) is 0 Å². The molecule has 0 aliphatic carbocycles. The first-order chi connectivity index (χ1) is 10.5. The van der Waals surface area contributed by atoms with Crippen molar-refractivity contribution >= 4 is 17.9 Å². The molecule has 0 spiro atoms. The molecule has 2 fully saturated rings. The summed E-state index contributed by atoms with van der Waals surface area (Å²) in [7, 11) is 5.68. The number of unbranched alkanes of at least 4 members (excludes halogenated alkanes) is 1. The first kappa shape index (κ1) is 16.5. The van der Waals surface area contributed by atoms with Crippen LogP contribution in [-0.4, -0.2) is 85.6 Å². The second kappa shape index (κ2) is 6.95. The monoisotopic (exact) mass is 310 g/mol. The van der Waals surface area contributed by atoms with Gasteiger partial charge in [-0.3, -0.25) is 15.1 Å². The van der Waals surface area contributed by atoms with Crippen molar-refractivity contribution in [3.8, 4) is 0 Å². The Bertz CT molecular complexity index is 464. The van der Waals surface area contributed by atoms with Crippen molar-refractivity contribution in [1.82, 2.24) is 25.3 Å². The van der Waals surface area contributed by atoms with Crippen molar-refractivity contribution in [1.29, 1.82) is 0 Å². The third-order valence-electron chi connectivity index (χ3n) is 3.98. The highest BCUT2D eigenvalue weighted by Crippen LogP contribution is 2.20. The zero-order valence-electron chi connectivity index (χ0n) is 13.8. The van der Waals surface area contributed by atoms with Crippen LogP contribution >= 0.6 is 0 Å². The Morgan fingerprint density at radius 1 is 1.32 bits per heavy atom. The maximum absolute atomic E-state index is 12.2. The van der Waals surface area contributed by atoms with Gasteiger partial charge in [-0.05, 0) is 20.5 Å². The maximum atomic E-state index is 12.2. The molecular formula is C14H26N6O2. The Labute approximate surface area is 131 Å². The van der Waals surface area contributed by atoms with Crippen molar-refractivity contribution in [2.75, 3.05) is 40.8 Å². The van der Waals surface area contributed by atoms with Gasteiger partial charge in [0.15, 0.2) is 12.0 Å². The minimum Gasteiger partial charge on any atom is -0.334 e. The number of nitrogens with zero attached hydrogens (tertiary/aromatic N) is 4. The van der Waals surface area contributed by atoms with Gasteiger partial charge in [-0.25, -0.2) is 4.79 Å². The SMILES string of the molecule is CCCCN1C(=NCCN(C)C)NC2C1C(=O)NC(=O)N2C. The van der Waals surface area contributed by atoms with Crippen molar-refractivity contribution in [2.24, 2.45) is 4.99 Å². The van der Waals surface area contributed by atoms with E-state index in [4.69, 9.17) is 0 Å². The predicted octanol–water partition coefficient (Wildman–Crippen LogP) is -0.514. The van der Waals surface area contributed by atoms with Crippen LogP contribution < -0.4 is 10.6 Å². The summed E-state index contributed by atoms with van der Waals surface area (Å²) in [6.45, 7) is 4.35. The number of imide groups is 1. The fourth-order valence-electron chi connectivity index (χ4n) is 2.65. The molecule has 2 unspecified atom stereocenters. The zero-order chi connectivity index (χ0) is 16.3. The highest BCUT2D eigenvalue weighted by Gasteiger charge is 2.49. The smallest absolute Gasteiger partial charge is 0.325 e. The van der Waals surface area contributed by atoms with E-state index >= 15 is 0 Å². The lowest BCUT2D eigenvalue weighted by atomic mass is 10.1. The third kappa shape index (κ3) is 3.32. The summed E-state index contributed by atoms with van der Waals surface area (Å²) in [5.41, 5.74) is 0. The molecule has 0 aromatic rings. The second-order valence-electron chi connectivity index (χ2n) is 5.99. The molecule has 2 N–H and O–H groups in total. The number of urea groups is 1. The zero-order valence-corrected chi connectivity index (χ0v) is 13.8. The van der Waals surface area contributed by atoms with Crippen LogP contribution in [0, 0.1) is 0 Å². The summed E-state index contributed by atoms with van der Waals surface area (Å²) in [5, 5.41) is 5.64. The van der Waals surface area contributed by atoms with E-state index in [1.165, 1.54) is 4.90 Å². The Kier molecular flexibility index (Phi) is 5.23. The maximum Gasteiger partial charge on any atom is 0.325 e. The van der Waals surface area contributed by atoms with Crippen LogP contribution in [0.25, 0.3) is 0 Å². The number of aliphatic imine (C=N–C) groups is 1. The number of hydrogen-bond acceptors (Lipinski definition) is 4. The lowest BCUT2D eigenvalue weighted by Gasteiger charge is -2.35. The van der Waals surface area contributed by atoms with E-state index in [0.717, 1.165) is 25.9 Å². The molecule has 0 saturated carbocycles. The number of nitrogens with one attached hydrogen (secondary N) is 2. The standard InChI is InChI=1S/C14H26N6O2/c1-5-6-8-20-10-11(19(4)14(22)17-12(10)21)16-13(20)15-7-9-18(2)3/h10-11H,5-9H2,1-4H3,(H,15,16)(H,17,21,22). The summed E-state index contributed by atoms with van der Waals surface area (Å²) >= 11 is 0. The molecule has 2 rings (SSSR count). The molecule has 2 heterocycles. The van der Waals surface area contributed by atoms with E-state index in [9.17, 15) is 9.59 Å². The summed E-state index contributed by atoms with van der Waals surface area (Å²) in [6, 6.07) is -0.781. The number of amides is 3. The van der Waals surface area contributed by atoms with Crippen molar-refractivity contribution < 1.29 is 9.59 Å². The van der Waals surface area contributed by atoms with Gasteiger partial charge in [0.05, 0.1) is 6.54 Å². The molecule has 2 aliphatic rings. The first-order valence-corrected chi connectivity index (χ1v) is 7.75. The average molecular weight is 310 g/mol. The van der Waals surface area contributed by atoms with Crippen LogP contribution in [0.5, 0.6) is 0 Å². The number of carbonyl (C=O) groups excluding carboxylic acids is 2. The van der Waals surface area contributed by atoms with E-state index in [1.54, 1.807) is 7.05 Å². The molecule has 2 aliphatic heterocycles. The molecule has 8 nitrogen and oxygen atoms in total. The Balaban J connectivity index is 2.18. The topological polar surface area (TPSA) is 80.3 Å². The minimum atomic E-state index is -0.410. The molecule has 22 heavy (non-hydrogen) atoms. The highest BCUT2D eigenvalue weighted by molar-refractivity contribution is 6.04. The van der Waals surface area contributed by atoms with Gasteiger partial charge in [0.2, 0.25) is 0 Å². The number of likely N-dealkylation sites (N-methyl/N-ethyl adjacent to an activating group) is 2. The highest BCUT2D eigenvalue weighted by atomic mass is 16.2. The largest absolute Gasteiger partial charge is 0.334 e. The Hall–Kier alpha value is -1.83. The molecule has 0 aromatic heterocycles. The predicted molar refractivity (Wildman–Crippen MR) is 84.5 cm³/mol. The van der Waals surface area contributed by atoms with E-state index in [0.29, 0.717) is 12.5 Å². The molecule has 2 atom stereocenters. The first-order valence-electron chi connectivity index (χ1n) is 7.75. The van der Waals surface area contributed by atoms with Gasteiger partial charge in [-0.15, -0.1) is 0 Å². The number of carbonyl (C=O) groups is 2.